The fourth-order valence-electron chi connectivity index (χ4n) is 3.19. The minimum Gasteiger partial charge on any atom is -0.355 e. The predicted molar refractivity (Wildman–Crippen MR) is 93.3 cm³/mol. The Balaban J connectivity index is 1.71. The minimum atomic E-state index is -0.820. The molecule has 2 atom stereocenters. The maximum Gasteiger partial charge on any atom is 0.321 e. The zero-order valence-electron chi connectivity index (χ0n) is 13.5. The summed E-state index contributed by atoms with van der Waals surface area (Å²) < 4.78 is 11.8. The summed E-state index contributed by atoms with van der Waals surface area (Å²) >= 11 is 0. The molecule has 3 rings (SSSR count). The Hall–Kier alpha value is -1.63. The molecule has 0 unspecified atom stereocenters. The Morgan fingerprint density at radius 1 is 1.35 bits per heavy atom. The summed E-state index contributed by atoms with van der Waals surface area (Å²) in [6.07, 6.45) is 4.10. The normalized spacial score (nSPS) is 25.3. The fraction of sp³-hybridized carbons (Fsp3) is 0.625. The summed E-state index contributed by atoms with van der Waals surface area (Å²) in [5.74, 6) is 2.35. The smallest absolute Gasteiger partial charge is 0.321 e. The standard InChI is InChI=1S/C16H24N4O2S/c1-13-11-20(9-10-23(22)12-13)16(21)18-14-5-4-6-17-15(14)19-7-2-3-8-19/h4-6,13H,2-3,7-12H2,1H3,(H,18,21)/t13-,23+/m1/s1. The number of carbonyl (C=O) groups is 1. The maximum atomic E-state index is 12.6. The number of hydrogen-bond acceptors (Lipinski definition) is 4. The van der Waals surface area contributed by atoms with Crippen molar-refractivity contribution in [3.63, 3.8) is 0 Å². The van der Waals surface area contributed by atoms with E-state index in [1.54, 1.807) is 11.1 Å². The predicted octanol–water partition coefficient (Wildman–Crippen LogP) is 1.91. The summed E-state index contributed by atoms with van der Waals surface area (Å²) in [5, 5.41) is 3.00. The molecule has 23 heavy (non-hydrogen) atoms. The van der Waals surface area contributed by atoms with E-state index in [2.05, 4.69) is 15.2 Å². The molecule has 1 aromatic heterocycles. The van der Waals surface area contributed by atoms with E-state index < -0.39 is 10.8 Å². The van der Waals surface area contributed by atoms with Crippen molar-refractivity contribution in [2.45, 2.75) is 19.8 Å². The molecule has 0 aromatic carbocycles. The molecule has 0 radical (unpaired) electrons. The third-order valence-corrected chi connectivity index (χ3v) is 5.89. The molecule has 126 valence electrons. The second kappa shape index (κ2) is 7.29. The van der Waals surface area contributed by atoms with Gasteiger partial charge in [0.2, 0.25) is 0 Å². The molecule has 2 saturated heterocycles. The lowest BCUT2D eigenvalue weighted by atomic mass is 10.2. The first kappa shape index (κ1) is 16.2. The average molecular weight is 336 g/mol. The summed E-state index contributed by atoms with van der Waals surface area (Å²) in [4.78, 5) is 21.0. The lowest BCUT2D eigenvalue weighted by Crippen LogP contribution is -2.38. The van der Waals surface area contributed by atoms with Crippen molar-refractivity contribution in [1.82, 2.24) is 9.88 Å². The number of nitrogens with one attached hydrogen (secondary N) is 1. The zero-order valence-corrected chi connectivity index (χ0v) is 14.3. The fourth-order valence-corrected chi connectivity index (χ4v) is 4.52. The van der Waals surface area contributed by atoms with Gasteiger partial charge in [-0.2, -0.15) is 0 Å². The van der Waals surface area contributed by atoms with Gasteiger partial charge < -0.3 is 15.1 Å². The first-order chi connectivity index (χ1) is 11.1. The largest absolute Gasteiger partial charge is 0.355 e. The molecular formula is C16H24N4O2S. The number of anilines is 2. The van der Waals surface area contributed by atoms with Gasteiger partial charge in [0, 0.05) is 54.7 Å². The van der Waals surface area contributed by atoms with E-state index in [1.165, 1.54) is 12.8 Å². The first-order valence-corrected chi connectivity index (χ1v) is 9.73. The van der Waals surface area contributed by atoms with Crippen molar-refractivity contribution >= 4 is 28.3 Å². The van der Waals surface area contributed by atoms with Crippen LogP contribution in [-0.4, -0.2) is 57.8 Å². The maximum absolute atomic E-state index is 12.6. The van der Waals surface area contributed by atoms with Crippen molar-refractivity contribution in [2.75, 3.05) is 47.9 Å². The number of rotatable bonds is 2. The zero-order chi connectivity index (χ0) is 16.2. The second-order valence-electron chi connectivity index (χ2n) is 6.36. The Kier molecular flexibility index (Phi) is 5.15. The van der Waals surface area contributed by atoms with Crippen molar-refractivity contribution in [1.29, 1.82) is 0 Å². The SMILES string of the molecule is C[C@@H]1CN(C(=O)Nc2cccnc2N2CCCC2)CC[S@](=O)C1. The van der Waals surface area contributed by atoms with Gasteiger partial charge in [0.1, 0.15) is 0 Å². The van der Waals surface area contributed by atoms with Crippen LogP contribution in [0, 0.1) is 5.92 Å². The molecule has 2 aliphatic heterocycles. The lowest BCUT2D eigenvalue weighted by molar-refractivity contribution is 0.210. The Bertz CT molecular complexity index is 589. The van der Waals surface area contributed by atoms with Gasteiger partial charge in [0.15, 0.2) is 5.82 Å². The first-order valence-electron chi connectivity index (χ1n) is 8.24. The van der Waals surface area contributed by atoms with Crippen molar-refractivity contribution in [3.8, 4) is 0 Å². The molecule has 3 heterocycles. The number of carbonyl (C=O) groups excluding carboxylic acids is 1. The molecule has 2 aliphatic rings. The van der Waals surface area contributed by atoms with Gasteiger partial charge >= 0.3 is 6.03 Å². The van der Waals surface area contributed by atoms with Gasteiger partial charge in [-0.1, -0.05) is 6.92 Å². The third-order valence-electron chi connectivity index (χ3n) is 4.31. The quantitative estimate of drug-likeness (QED) is 0.896. The van der Waals surface area contributed by atoms with Gasteiger partial charge in [-0.3, -0.25) is 4.21 Å². The number of hydrogen-bond donors (Lipinski definition) is 1. The summed E-state index contributed by atoms with van der Waals surface area (Å²) in [5.41, 5.74) is 0.762. The number of aromatic nitrogens is 1. The topological polar surface area (TPSA) is 65.5 Å². The van der Waals surface area contributed by atoms with Crippen LogP contribution in [0.4, 0.5) is 16.3 Å². The van der Waals surface area contributed by atoms with Gasteiger partial charge in [-0.25, -0.2) is 9.78 Å². The molecule has 6 nitrogen and oxygen atoms in total. The molecule has 0 bridgehead atoms. The van der Waals surface area contributed by atoms with Crippen LogP contribution in [0.1, 0.15) is 19.8 Å². The number of pyridine rings is 1. The summed E-state index contributed by atoms with van der Waals surface area (Å²) in [7, 11) is -0.820. The highest BCUT2D eigenvalue weighted by Crippen LogP contribution is 2.26. The van der Waals surface area contributed by atoms with Crippen LogP contribution >= 0.6 is 0 Å². The monoisotopic (exact) mass is 336 g/mol. The molecule has 0 spiro atoms. The van der Waals surface area contributed by atoms with Crippen LogP contribution in [0.15, 0.2) is 18.3 Å². The molecule has 2 fully saturated rings. The van der Waals surface area contributed by atoms with E-state index in [-0.39, 0.29) is 11.9 Å². The molecular weight excluding hydrogens is 312 g/mol. The van der Waals surface area contributed by atoms with Crippen LogP contribution in [0.2, 0.25) is 0 Å². The summed E-state index contributed by atoms with van der Waals surface area (Å²) in [6.45, 7) is 5.21. The number of amides is 2. The van der Waals surface area contributed by atoms with Crippen molar-refractivity contribution in [3.05, 3.63) is 18.3 Å². The Morgan fingerprint density at radius 2 is 2.13 bits per heavy atom. The highest BCUT2D eigenvalue weighted by Gasteiger charge is 2.24. The van der Waals surface area contributed by atoms with E-state index in [1.807, 2.05) is 19.1 Å². The van der Waals surface area contributed by atoms with E-state index >= 15 is 0 Å². The van der Waals surface area contributed by atoms with Gasteiger partial charge in [-0.05, 0) is 30.9 Å². The van der Waals surface area contributed by atoms with Crippen molar-refractivity contribution in [2.24, 2.45) is 5.92 Å². The average Bonchev–Trinajstić information content (AvgIpc) is 3.00. The summed E-state index contributed by atoms with van der Waals surface area (Å²) in [6, 6.07) is 3.62. The van der Waals surface area contributed by atoms with Crippen LogP contribution < -0.4 is 10.2 Å². The van der Waals surface area contributed by atoms with Crippen molar-refractivity contribution < 1.29 is 9.00 Å². The molecule has 7 heteroatoms. The van der Waals surface area contributed by atoms with Crippen LogP contribution in [0.5, 0.6) is 0 Å². The van der Waals surface area contributed by atoms with E-state index in [0.29, 0.717) is 24.6 Å². The van der Waals surface area contributed by atoms with E-state index in [4.69, 9.17) is 0 Å². The molecule has 1 N–H and O–H groups in total. The second-order valence-corrected chi connectivity index (χ2v) is 7.98. The molecule has 2 amide bonds. The molecule has 1 aromatic rings. The highest BCUT2D eigenvalue weighted by molar-refractivity contribution is 7.85. The Labute approximate surface area is 139 Å². The van der Waals surface area contributed by atoms with Crippen LogP contribution in [0.25, 0.3) is 0 Å². The van der Waals surface area contributed by atoms with Crippen LogP contribution in [0.3, 0.4) is 0 Å². The van der Waals surface area contributed by atoms with Gasteiger partial charge in [0.25, 0.3) is 0 Å². The Morgan fingerprint density at radius 3 is 2.91 bits per heavy atom. The van der Waals surface area contributed by atoms with E-state index in [0.717, 1.165) is 24.6 Å². The minimum absolute atomic E-state index is 0.121. The lowest BCUT2D eigenvalue weighted by Gasteiger charge is -2.25. The van der Waals surface area contributed by atoms with E-state index in [9.17, 15) is 9.00 Å². The van der Waals surface area contributed by atoms with Gasteiger partial charge in [-0.15, -0.1) is 0 Å². The van der Waals surface area contributed by atoms with Gasteiger partial charge in [0.05, 0.1) is 5.69 Å². The number of urea groups is 1. The highest BCUT2D eigenvalue weighted by atomic mass is 32.2. The van der Waals surface area contributed by atoms with Crippen LogP contribution in [-0.2, 0) is 10.8 Å². The third kappa shape index (κ3) is 4.02. The molecule has 0 aliphatic carbocycles. The number of nitrogens with zero attached hydrogens (tertiary/aromatic N) is 3. The molecule has 0 saturated carbocycles.